The molecule has 1 aromatic carbocycles. The predicted octanol–water partition coefficient (Wildman–Crippen LogP) is 1.26. The van der Waals surface area contributed by atoms with E-state index in [1.54, 1.807) is 11.7 Å². The molecule has 7 heteroatoms. The summed E-state index contributed by atoms with van der Waals surface area (Å²) in [6.45, 7) is 1.84. The van der Waals surface area contributed by atoms with E-state index in [0.717, 1.165) is 5.69 Å². The molecule has 98 valence electrons. The van der Waals surface area contributed by atoms with E-state index in [2.05, 4.69) is 26.9 Å². The lowest BCUT2D eigenvalue weighted by molar-refractivity contribution is 0.549. The first-order valence-corrected chi connectivity index (χ1v) is 6.74. The topological polar surface area (TPSA) is 79.4 Å². The van der Waals surface area contributed by atoms with Crippen LogP contribution in [0.15, 0.2) is 35.5 Å². The molecule has 0 aliphatic rings. The quantitative estimate of drug-likeness (QED) is 0.827. The predicted molar refractivity (Wildman–Crippen MR) is 73.0 cm³/mol. The van der Waals surface area contributed by atoms with Crippen molar-refractivity contribution in [1.82, 2.24) is 25.5 Å². The molecule has 1 heterocycles. The van der Waals surface area contributed by atoms with Crippen molar-refractivity contribution in [1.29, 1.82) is 5.26 Å². The van der Waals surface area contributed by atoms with Crippen LogP contribution in [-0.2, 0) is 0 Å². The fourth-order valence-corrected chi connectivity index (χ4v) is 2.35. The number of hydrogen-bond donors (Lipinski definition) is 1. The van der Waals surface area contributed by atoms with Gasteiger partial charge in [-0.1, -0.05) is 30.0 Å². The fraction of sp³-hybridized carbons (Fsp3) is 0.333. The maximum absolute atomic E-state index is 9.12. The van der Waals surface area contributed by atoms with Crippen LogP contribution >= 0.6 is 11.8 Å². The molecule has 0 aliphatic carbocycles. The van der Waals surface area contributed by atoms with Gasteiger partial charge in [-0.25, -0.2) is 0 Å². The van der Waals surface area contributed by atoms with Crippen molar-refractivity contribution in [3.63, 3.8) is 0 Å². The standard InChI is InChI=1S/C12H14N6S/c1-12(8-13,14-2)9-19-11-15-16-17-18(11)10-6-4-3-5-7-10/h3-7,14H,9H2,1-2H3. The molecule has 0 saturated heterocycles. The second-order valence-corrected chi connectivity index (χ2v) is 5.13. The average Bonchev–Trinajstić information content (AvgIpc) is 2.94. The summed E-state index contributed by atoms with van der Waals surface area (Å²) in [5.41, 5.74) is 0.302. The van der Waals surface area contributed by atoms with Gasteiger partial charge in [-0.05, 0) is 36.5 Å². The highest BCUT2D eigenvalue weighted by molar-refractivity contribution is 7.99. The third-order valence-corrected chi connectivity index (χ3v) is 3.96. The number of thioether (sulfide) groups is 1. The maximum Gasteiger partial charge on any atom is 0.214 e. The molecule has 1 unspecified atom stereocenters. The molecule has 19 heavy (non-hydrogen) atoms. The van der Waals surface area contributed by atoms with Crippen molar-refractivity contribution in [2.75, 3.05) is 12.8 Å². The van der Waals surface area contributed by atoms with Crippen molar-refractivity contribution in [2.45, 2.75) is 17.6 Å². The summed E-state index contributed by atoms with van der Waals surface area (Å²) in [5.74, 6) is 0.563. The van der Waals surface area contributed by atoms with Crippen LogP contribution in [0.3, 0.4) is 0 Å². The number of nitrogens with zero attached hydrogens (tertiary/aromatic N) is 5. The molecule has 0 aliphatic heterocycles. The van der Waals surface area contributed by atoms with Crippen LogP contribution in [0, 0.1) is 11.3 Å². The Hall–Kier alpha value is -1.91. The van der Waals surface area contributed by atoms with E-state index in [0.29, 0.717) is 10.9 Å². The Balaban J connectivity index is 2.16. The van der Waals surface area contributed by atoms with E-state index in [1.165, 1.54) is 11.8 Å². The van der Waals surface area contributed by atoms with Crippen molar-refractivity contribution in [3.8, 4) is 11.8 Å². The molecule has 0 spiro atoms. The molecule has 0 saturated carbocycles. The molecule has 0 fully saturated rings. The third kappa shape index (κ3) is 3.10. The molecule has 2 rings (SSSR count). The second kappa shape index (κ2) is 5.82. The van der Waals surface area contributed by atoms with Gasteiger partial charge in [0.1, 0.15) is 5.54 Å². The number of hydrogen-bond acceptors (Lipinski definition) is 6. The summed E-state index contributed by atoms with van der Waals surface area (Å²) in [5, 5.41) is 24.4. The van der Waals surface area contributed by atoms with Gasteiger partial charge in [0.25, 0.3) is 0 Å². The van der Waals surface area contributed by atoms with E-state index < -0.39 is 5.54 Å². The Morgan fingerprint density at radius 1 is 1.42 bits per heavy atom. The van der Waals surface area contributed by atoms with Crippen LogP contribution < -0.4 is 5.32 Å². The van der Waals surface area contributed by atoms with Gasteiger partial charge in [0.2, 0.25) is 5.16 Å². The first-order valence-electron chi connectivity index (χ1n) is 5.75. The van der Waals surface area contributed by atoms with Crippen LogP contribution in [-0.4, -0.2) is 38.5 Å². The molecule has 1 atom stereocenters. The zero-order valence-electron chi connectivity index (χ0n) is 10.7. The van der Waals surface area contributed by atoms with Gasteiger partial charge in [0.05, 0.1) is 11.8 Å². The lowest BCUT2D eigenvalue weighted by Crippen LogP contribution is -2.40. The van der Waals surface area contributed by atoms with Crippen LogP contribution in [0.1, 0.15) is 6.92 Å². The first-order chi connectivity index (χ1) is 9.18. The highest BCUT2D eigenvalue weighted by atomic mass is 32.2. The molecule has 6 nitrogen and oxygen atoms in total. The molecule has 1 N–H and O–H groups in total. The smallest absolute Gasteiger partial charge is 0.214 e. The minimum Gasteiger partial charge on any atom is -0.302 e. The number of rotatable bonds is 5. The SMILES string of the molecule is CNC(C)(C#N)CSc1nnnn1-c1ccccc1. The van der Waals surface area contributed by atoms with E-state index in [4.69, 9.17) is 5.26 Å². The summed E-state index contributed by atoms with van der Waals surface area (Å²) in [6, 6.07) is 11.9. The van der Waals surface area contributed by atoms with Gasteiger partial charge in [-0.15, -0.1) is 5.10 Å². The van der Waals surface area contributed by atoms with Crippen LogP contribution in [0.2, 0.25) is 0 Å². The van der Waals surface area contributed by atoms with Crippen molar-refractivity contribution < 1.29 is 0 Å². The Morgan fingerprint density at radius 2 is 2.16 bits per heavy atom. The van der Waals surface area contributed by atoms with E-state index in [9.17, 15) is 0 Å². The first kappa shape index (κ1) is 13.5. The minimum absolute atomic E-state index is 0.563. The number of para-hydroxylation sites is 1. The third-order valence-electron chi connectivity index (χ3n) is 2.73. The zero-order valence-corrected chi connectivity index (χ0v) is 11.6. The summed E-state index contributed by atoms with van der Waals surface area (Å²) in [4.78, 5) is 0. The van der Waals surface area contributed by atoms with E-state index >= 15 is 0 Å². The maximum atomic E-state index is 9.12. The van der Waals surface area contributed by atoms with Gasteiger partial charge in [-0.2, -0.15) is 9.94 Å². The number of aromatic nitrogens is 4. The number of benzene rings is 1. The van der Waals surface area contributed by atoms with Gasteiger partial charge >= 0.3 is 0 Å². The normalized spacial score (nSPS) is 13.7. The minimum atomic E-state index is -0.599. The second-order valence-electron chi connectivity index (χ2n) is 4.19. The van der Waals surface area contributed by atoms with E-state index in [1.807, 2.05) is 37.3 Å². The van der Waals surface area contributed by atoms with Crippen molar-refractivity contribution >= 4 is 11.8 Å². The lowest BCUT2D eigenvalue weighted by atomic mass is 10.1. The van der Waals surface area contributed by atoms with Gasteiger partial charge in [0.15, 0.2) is 0 Å². The molecular weight excluding hydrogens is 260 g/mol. The average molecular weight is 274 g/mol. The number of nitrogens with one attached hydrogen (secondary N) is 1. The summed E-state index contributed by atoms with van der Waals surface area (Å²) in [6.07, 6.45) is 0. The lowest BCUT2D eigenvalue weighted by Gasteiger charge is -2.19. The largest absolute Gasteiger partial charge is 0.302 e. The Labute approximate surface area is 115 Å². The molecule has 0 radical (unpaired) electrons. The zero-order chi connectivity index (χ0) is 13.7. The molecule has 2 aromatic rings. The number of nitriles is 1. The van der Waals surface area contributed by atoms with Crippen molar-refractivity contribution in [3.05, 3.63) is 30.3 Å². The van der Waals surface area contributed by atoms with Crippen molar-refractivity contribution in [2.24, 2.45) is 0 Å². The fourth-order valence-electron chi connectivity index (χ4n) is 1.37. The van der Waals surface area contributed by atoms with Gasteiger partial charge < -0.3 is 5.32 Å². The Kier molecular flexibility index (Phi) is 4.14. The highest BCUT2D eigenvalue weighted by Gasteiger charge is 2.23. The van der Waals surface area contributed by atoms with Crippen LogP contribution in [0.5, 0.6) is 0 Å². The molecule has 0 bridgehead atoms. The van der Waals surface area contributed by atoms with Gasteiger partial charge in [-0.3, -0.25) is 0 Å². The number of tetrazole rings is 1. The summed E-state index contributed by atoms with van der Waals surface area (Å²) < 4.78 is 1.66. The molecular formula is C12H14N6S. The Bertz CT molecular complexity index is 575. The van der Waals surface area contributed by atoms with E-state index in [-0.39, 0.29) is 0 Å². The molecule has 1 aromatic heterocycles. The van der Waals surface area contributed by atoms with Crippen LogP contribution in [0.4, 0.5) is 0 Å². The Morgan fingerprint density at radius 3 is 2.79 bits per heavy atom. The van der Waals surface area contributed by atoms with Crippen LogP contribution in [0.25, 0.3) is 5.69 Å². The summed E-state index contributed by atoms with van der Waals surface area (Å²) in [7, 11) is 1.77. The monoisotopic (exact) mass is 274 g/mol. The molecule has 0 amide bonds. The highest BCUT2D eigenvalue weighted by Crippen LogP contribution is 2.21. The summed E-state index contributed by atoms with van der Waals surface area (Å²) >= 11 is 1.45. The van der Waals surface area contributed by atoms with Gasteiger partial charge in [0, 0.05) is 5.75 Å².